The first-order chi connectivity index (χ1) is 10.9. The zero-order chi connectivity index (χ0) is 17.0. The van der Waals surface area contributed by atoms with Crippen LogP contribution < -0.4 is 5.32 Å². The molecule has 3 N–H and O–H groups in total. The first-order valence-corrected chi connectivity index (χ1v) is 7.64. The molecular formula is C17H21N3O3. The number of carbonyl (C=O) groups excluding carboxylic acids is 1. The van der Waals surface area contributed by atoms with Gasteiger partial charge in [-0.2, -0.15) is 5.10 Å². The average Bonchev–Trinajstić information content (AvgIpc) is 2.98. The third-order valence-electron chi connectivity index (χ3n) is 3.64. The van der Waals surface area contributed by atoms with Gasteiger partial charge in [-0.25, -0.2) is 4.79 Å². The topological polar surface area (TPSA) is 95.1 Å². The second-order valence-electron chi connectivity index (χ2n) is 5.74. The van der Waals surface area contributed by atoms with Crippen LogP contribution in [0.25, 0.3) is 0 Å². The van der Waals surface area contributed by atoms with E-state index in [4.69, 9.17) is 5.11 Å². The normalized spacial score (nSPS) is 10.8. The predicted octanol–water partition coefficient (Wildman–Crippen LogP) is 3.44. The van der Waals surface area contributed by atoms with Crippen molar-refractivity contribution in [2.75, 3.05) is 5.32 Å². The van der Waals surface area contributed by atoms with Gasteiger partial charge < -0.3 is 10.4 Å². The number of aromatic carboxylic acids is 1. The molecule has 1 aromatic carbocycles. The van der Waals surface area contributed by atoms with Crippen LogP contribution in [0, 0.1) is 0 Å². The van der Waals surface area contributed by atoms with E-state index in [1.54, 1.807) is 0 Å². The summed E-state index contributed by atoms with van der Waals surface area (Å²) in [6.07, 6.45) is 3.17. The van der Waals surface area contributed by atoms with Crippen molar-refractivity contribution in [3.63, 3.8) is 0 Å². The quantitative estimate of drug-likeness (QED) is 0.761. The summed E-state index contributed by atoms with van der Waals surface area (Å²) in [6, 6.07) is 5.80. The lowest BCUT2D eigenvalue weighted by Crippen LogP contribution is -2.16. The van der Waals surface area contributed by atoms with Crippen LogP contribution in [-0.4, -0.2) is 27.2 Å². The molecule has 1 amide bonds. The maximum atomic E-state index is 12.2. The summed E-state index contributed by atoms with van der Waals surface area (Å²) in [5.74, 6) is -1.36. The maximum Gasteiger partial charge on any atom is 0.339 e. The smallest absolute Gasteiger partial charge is 0.339 e. The summed E-state index contributed by atoms with van der Waals surface area (Å²) in [5.41, 5.74) is 2.90. The van der Waals surface area contributed by atoms with E-state index < -0.39 is 11.9 Å². The van der Waals surface area contributed by atoms with Gasteiger partial charge in [-0.15, -0.1) is 0 Å². The number of nitrogens with zero attached hydrogens (tertiary/aromatic N) is 1. The Morgan fingerprint density at radius 1 is 1.35 bits per heavy atom. The number of carboxylic acid groups (broad SMARTS) is 1. The molecule has 0 radical (unpaired) electrons. The van der Waals surface area contributed by atoms with Crippen molar-refractivity contribution in [2.45, 2.75) is 39.5 Å². The molecule has 0 saturated carbocycles. The van der Waals surface area contributed by atoms with Crippen molar-refractivity contribution < 1.29 is 14.7 Å². The minimum Gasteiger partial charge on any atom is -0.478 e. The number of rotatable bonds is 6. The van der Waals surface area contributed by atoms with Gasteiger partial charge in [-0.3, -0.25) is 9.89 Å². The summed E-state index contributed by atoms with van der Waals surface area (Å²) in [6.45, 7) is 6.35. The van der Waals surface area contributed by atoms with Crippen molar-refractivity contribution in [3.8, 4) is 0 Å². The highest BCUT2D eigenvalue weighted by atomic mass is 16.4. The lowest BCUT2D eigenvalue weighted by molar-refractivity contribution is 0.0692. The Labute approximate surface area is 134 Å². The summed E-state index contributed by atoms with van der Waals surface area (Å²) >= 11 is 0. The first-order valence-electron chi connectivity index (χ1n) is 7.64. The van der Waals surface area contributed by atoms with Crippen molar-refractivity contribution in [1.82, 2.24) is 10.2 Å². The standard InChI is InChI=1S/C17H21N3O3/c1-4-5-11-6-7-12(8-13(11)10(2)3)19-16(21)15-14(17(22)23)9-18-20-15/h6-10H,4-5H2,1-3H3,(H,18,20)(H,19,21)(H,22,23). The van der Waals surface area contributed by atoms with Gasteiger partial charge in [0.15, 0.2) is 0 Å². The molecule has 0 fully saturated rings. The van der Waals surface area contributed by atoms with Crippen LogP contribution in [0.4, 0.5) is 5.69 Å². The molecule has 2 rings (SSSR count). The number of carboxylic acids is 1. The summed E-state index contributed by atoms with van der Waals surface area (Å²) in [4.78, 5) is 23.3. The monoisotopic (exact) mass is 315 g/mol. The van der Waals surface area contributed by atoms with E-state index in [1.165, 1.54) is 11.1 Å². The second-order valence-corrected chi connectivity index (χ2v) is 5.74. The van der Waals surface area contributed by atoms with E-state index in [-0.39, 0.29) is 11.3 Å². The molecule has 0 unspecified atom stereocenters. The molecule has 0 atom stereocenters. The van der Waals surface area contributed by atoms with Crippen molar-refractivity contribution in [1.29, 1.82) is 0 Å². The summed E-state index contributed by atoms with van der Waals surface area (Å²) in [5, 5.41) is 17.8. The van der Waals surface area contributed by atoms with Crippen molar-refractivity contribution >= 4 is 17.6 Å². The first kappa shape index (κ1) is 16.7. The van der Waals surface area contributed by atoms with Gasteiger partial charge in [0, 0.05) is 5.69 Å². The number of aromatic nitrogens is 2. The van der Waals surface area contributed by atoms with E-state index >= 15 is 0 Å². The number of hydrogen-bond acceptors (Lipinski definition) is 3. The Balaban J connectivity index is 2.26. The molecule has 0 saturated heterocycles. The number of nitrogens with one attached hydrogen (secondary N) is 2. The zero-order valence-corrected chi connectivity index (χ0v) is 13.5. The highest BCUT2D eigenvalue weighted by Gasteiger charge is 2.19. The molecular weight excluding hydrogens is 294 g/mol. The van der Waals surface area contributed by atoms with Crippen LogP contribution in [-0.2, 0) is 6.42 Å². The molecule has 6 nitrogen and oxygen atoms in total. The number of aryl methyl sites for hydroxylation is 1. The van der Waals surface area contributed by atoms with Crippen molar-refractivity contribution in [2.24, 2.45) is 0 Å². The molecule has 0 aliphatic rings. The number of amides is 1. The highest BCUT2D eigenvalue weighted by molar-refractivity contribution is 6.09. The van der Waals surface area contributed by atoms with Crippen molar-refractivity contribution in [3.05, 3.63) is 46.8 Å². The van der Waals surface area contributed by atoms with Gasteiger partial charge in [0.2, 0.25) is 0 Å². The number of H-pyrrole nitrogens is 1. The van der Waals surface area contributed by atoms with E-state index in [1.807, 2.05) is 18.2 Å². The SMILES string of the molecule is CCCc1ccc(NC(=O)c2[nH]ncc2C(=O)O)cc1C(C)C. The van der Waals surface area contributed by atoms with E-state index in [0.29, 0.717) is 11.6 Å². The fourth-order valence-electron chi connectivity index (χ4n) is 2.52. The van der Waals surface area contributed by atoms with Gasteiger partial charge in [0.05, 0.1) is 6.20 Å². The minimum atomic E-state index is -1.19. The fourth-order valence-corrected chi connectivity index (χ4v) is 2.52. The minimum absolute atomic E-state index is 0.0544. The van der Waals surface area contributed by atoms with E-state index in [0.717, 1.165) is 19.0 Å². The van der Waals surface area contributed by atoms with Gasteiger partial charge in [0.25, 0.3) is 5.91 Å². The van der Waals surface area contributed by atoms with E-state index in [2.05, 4.69) is 36.3 Å². The van der Waals surface area contributed by atoms with Crippen LogP contribution in [0.1, 0.15) is 65.1 Å². The summed E-state index contributed by atoms with van der Waals surface area (Å²) < 4.78 is 0. The lowest BCUT2D eigenvalue weighted by Gasteiger charge is -2.15. The Morgan fingerprint density at radius 3 is 2.70 bits per heavy atom. The third-order valence-corrected chi connectivity index (χ3v) is 3.64. The molecule has 0 aliphatic heterocycles. The number of hydrogen-bond donors (Lipinski definition) is 3. The number of aromatic amines is 1. The van der Waals surface area contributed by atoms with Gasteiger partial charge in [-0.05, 0) is 35.6 Å². The molecule has 6 heteroatoms. The van der Waals surface area contributed by atoms with Gasteiger partial charge in [-0.1, -0.05) is 33.3 Å². The Kier molecular flexibility index (Phi) is 5.16. The Bertz CT molecular complexity index is 720. The Morgan fingerprint density at radius 2 is 2.09 bits per heavy atom. The fraction of sp³-hybridized carbons (Fsp3) is 0.353. The number of anilines is 1. The molecule has 1 heterocycles. The predicted molar refractivity (Wildman–Crippen MR) is 88.0 cm³/mol. The Hall–Kier alpha value is -2.63. The molecule has 0 aliphatic carbocycles. The maximum absolute atomic E-state index is 12.2. The second kappa shape index (κ2) is 7.09. The van der Waals surface area contributed by atoms with Gasteiger partial charge >= 0.3 is 5.97 Å². The number of benzene rings is 1. The molecule has 23 heavy (non-hydrogen) atoms. The largest absolute Gasteiger partial charge is 0.478 e. The lowest BCUT2D eigenvalue weighted by atomic mass is 9.94. The average molecular weight is 315 g/mol. The molecule has 122 valence electrons. The molecule has 2 aromatic rings. The third kappa shape index (κ3) is 3.77. The molecule has 0 bridgehead atoms. The van der Waals surface area contributed by atoms with Crippen LogP contribution in [0.2, 0.25) is 0 Å². The van der Waals surface area contributed by atoms with Crippen LogP contribution in [0.3, 0.4) is 0 Å². The zero-order valence-electron chi connectivity index (χ0n) is 13.5. The van der Waals surface area contributed by atoms with E-state index in [9.17, 15) is 9.59 Å². The molecule has 0 spiro atoms. The van der Waals surface area contributed by atoms with Gasteiger partial charge in [0.1, 0.15) is 11.3 Å². The highest BCUT2D eigenvalue weighted by Crippen LogP contribution is 2.25. The summed E-state index contributed by atoms with van der Waals surface area (Å²) in [7, 11) is 0. The van der Waals surface area contributed by atoms with Crippen LogP contribution >= 0.6 is 0 Å². The number of carbonyl (C=O) groups is 2. The molecule has 1 aromatic heterocycles. The van der Waals surface area contributed by atoms with Crippen LogP contribution in [0.5, 0.6) is 0 Å². The van der Waals surface area contributed by atoms with Crippen LogP contribution in [0.15, 0.2) is 24.4 Å².